The van der Waals surface area contributed by atoms with Crippen molar-refractivity contribution in [2.45, 2.75) is 19.5 Å². The minimum absolute atomic E-state index is 0.0596. The van der Waals surface area contributed by atoms with Gasteiger partial charge < -0.3 is 15.5 Å². The molecule has 0 spiro atoms. The normalized spacial score (nSPS) is 23.2. The van der Waals surface area contributed by atoms with Gasteiger partial charge in [0.2, 0.25) is 11.8 Å². The molecule has 1 heterocycles. The maximum atomic E-state index is 13.2. The summed E-state index contributed by atoms with van der Waals surface area (Å²) in [5, 5.41) is 4.88. The predicted octanol–water partition coefficient (Wildman–Crippen LogP) is 0.123. The van der Waals surface area contributed by atoms with Crippen LogP contribution in [-0.2, 0) is 9.59 Å². The van der Waals surface area contributed by atoms with Crippen LogP contribution in [0.1, 0.15) is 13.3 Å². The predicted molar refractivity (Wildman–Crippen MR) is 62.3 cm³/mol. The summed E-state index contributed by atoms with van der Waals surface area (Å²) in [5.74, 6) is -1.52. The van der Waals surface area contributed by atoms with Crippen LogP contribution in [0.4, 0.5) is 13.2 Å². The Morgan fingerprint density at radius 1 is 1.42 bits per heavy atom. The molecule has 1 fully saturated rings. The van der Waals surface area contributed by atoms with E-state index in [2.05, 4.69) is 10.6 Å². The van der Waals surface area contributed by atoms with Crippen LogP contribution in [0.2, 0.25) is 0 Å². The topological polar surface area (TPSA) is 61.4 Å². The van der Waals surface area contributed by atoms with Gasteiger partial charge in [0.15, 0.2) is 5.41 Å². The van der Waals surface area contributed by atoms with Crippen LogP contribution in [-0.4, -0.2) is 56.1 Å². The molecule has 0 bridgehead atoms. The maximum Gasteiger partial charge on any atom is 0.404 e. The van der Waals surface area contributed by atoms with Crippen molar-refractivity contribution < 1.29 is 22.8 Å². The number of hydrogen-bond acceptors (Lipinski definition) is 3. The summed E-state index contributed by atoms with van der Waals surface area (Å²) < 4.78 is 39.6. The van der Waals surface area contributed by atoms with E-state index in [1.807, 2.05) is 0 Å². The van der Waals surface area contributed by atoms with Crippen LogP contribution >= 0.6 is 0 Å². The Kier molecular flexibility index (Phi) is 4.78. The molecular weight excluding hydrogens is 263 g/mol. The molecule has 1 aliphatic rings. The zero-order valence-corrected chi connectivity index (χ0v) is 10.9. The Balaban J connectivity index is 2.96. The average Bonchev–Trinajstić information content (AvgIpc) is 2.84. The molecule has 110 valence electrons. The fourth-order valence-electron chi connectivity index (χ4n) is 2.12. The van der Waals surface area contributed by atoms with E-state index < -0.39 is 30.0 Å². The lowest BCUT2D eigenvalue weighted by Crippen LogP contribution is -2.55. The molecule has 0 saturated carbocycles. The lowest BCUT2D eigenvalue weighted by Gasteiger charge is -2.34. The first kappa shape index (κ1) is 15.7. The Morgan fingerprint density at radius 2 is 2.05 bits per heavy atom. The van der Waals surface area contributed by atoms with E-state index in [-0.39, 0.29) is 26.1 Å². The summed E-state index contributed by atoms with van der Waals surface area (Å²) in [7, 11) is 1.37. The van der Waals surface area contributed by atoms with Crippen molar-refractivity contribution in [3.8, 4) is 0 Å². The van der Waals surface area contributed by atoms with Gasteiger partial charge in [-0.05, 0) is 19.9 Å². The second-order valence-electron chi connectivity index (χ2n) is 4.50. The highest BCUT2D eigenvalue weighted by Crippen LogP contribution is 2.44. The summed E-state index contributed by atoms with van der Waals surface area (Å²) in [6, 6.07) is 0. The van der Waals surface area contributed by atoms with Crippen molar-refractivity contribution in [1.82, 2.24) is 15.5 Å². The van der Waals surface area contributed by atoms with Gasteiger partial charge in [0, 0.05) is 20.1 Å². The molecule has 0 aliphatic carbocycles. The smallest absolute Gasteiger partial charge is 0.358 e. The minimum atomic E-state index is -4.62. The number of amides is 2. The largest absolute Gasteiger partial charge is 0.404 e. The highest BCUT2D eigenvalue weighted by molar-refractivity contribution is 5.89. The number of carbonyl (C=O) groups is 2. The van der Waals surface area contributed by atoms with Crippen LogP contribution in [0, 0.1) is 5.41 Å². The van der Waals surface area contributed by atoms with Crippen molar-refractivity contribution in [3.05, 3.63) is 0 Å². The minimum Gasteiger partial charge on any atom is -0.358 e. The quantitative estimate of drug-likeness (QED) is 0.769. The van der Waals surface area contributed by atoms with Gasteiger partial charge in [-0.1, -0.05) is 0 Å². The molecule has 2 amide bonds. The Morgan fingerprint density at radius 3 is 2.42 bits per heavy atom. The summed E-state index contributed by atoms with van der Waals surface area (Å²) in [6.07, 6.45) is -4.91. The van der Waals surface area contributed by atoms with Crippen LogP contribution in [0.5, 0.6) is 0 Å². The molecule has 5 nitrogen and oxygen atoms in total. The van der Waals surface area contributed by atoms with E-state index in [4.69, 9.17) is 0 Å². The third-order valence-corrected chi connectivity index (χ3v) is 3.39. The first-order valence-corrected chi connectivity index (χ1v) is 6.06. The summed E-state index contributed by atoms with van der Waals surface area (Å²) >= 11 is 0. The standard InChI is InChI=1S/C11H18F3N3O2/c1-3-17(6-8(18)15-2)9(19)10(11(12,13)14)4-5-16-7-10/h16H,3-7H2,1-2H3,(H,15,18). The number of nitrogens with zero attached hydrogens (tertiary/aromatic N) is 1. The molecule has 0 radical (unpaired) electrons. The van der Waals surface area contributed by atoms with Crippen LogP contribution in [0.25, 0.3) is 0 Å². The average molecular weight is 281 g/mol. The molecule has 1 atom stereocenters. The zero-order valence-electron chi connectivity index (χ0n) is 10.9. The van der Waals surface area contributed by atoms with E-state index in [1.54, 1.807) is 6.92 Å². The van der Waals surface area contributed by atoms with Gasteiger partial charge in [-0.25, -0.2) is 0 Å². The second-order valence-corrected chi connectivity index (χ2v) is 4.50. The van der Waals surface area contributed by atoms with E-state index in [1.165, 1.54) is 7.05 Å². The molecule has 2 N–H and O–H groups in total. The second kappa shape index (κ2) is 5.77. The third kappa shape index (κ3) is 2.99. The summed E-state index contributed by atoms with van der Waals surface area (Å²) in [6.45, 7) is 0.962. The van der Waals surface area contributed by atoms with Gasteiger partial charge in [-0.2, -0.15) is 13.2 Å². The number of likely N-dealkylation sites (N-methyl/N-ethyl adjacent to an activating group) is 2. The molecule has 1 unspecified atom stereocenters. The molecule has 0 aromatic carbocycles. The lowest BCUT2D eigenvalue weighted by atomic mass is 9.84. The number of alkyl halides is 3. The molecule has 1 saturated heterocycles. The van der Waals surface area contributed by atoms with Gasteiger partial charge in [-0.3, -0.25) is 9.59 Å². The third-order valence-electron chi connectivity index (χ3n) is 3.39. The van der Waals surface area contributed by atoms with E-state index >= 15 is 0 Å². The van der Waals surface area contributed by atoms with Crippen molar-refractivity contribution >= 4 is 11.8 Å². The number of nitrogens with one attached hydrogen (secondary N) is 2. The SMILES string of the molecule is CCN(CC(=O)NC)C(=O)C1(C(F)(F)F)CCNC1. The fraction of sp³-hybridized carbons (Fsp3) is 0.818. The number of halogens is 3. The van der Waals surface area contributed by atoms with Crippen LogP contribution < -0.4 is 10.6 Å². The van der Waals surface area contributed by atoms with Gasteiger partial charge in [0.1, 0.15) is 0 Å². The zero-order chi connectivity index (χ0) is 14.7. The van der Waals surface area contributed by atoms with Crippen molar-refractivity contribution in [3.63, 3.8) is 0 Å². The number of rotatable bonds is 4. The number of carbonyl (C=O) groups excluding carboxylic acids is 2. The highest BCUT2D eigenvalue weighted by Gasteiger charge is 2.62. The molecule has 0 aromatic rings. The Bertz CT molecular complexity index is 352. The van der Waals surface area contributed by atoms with E-state index in [0.717, 1.165) is 4.90 Å². The lowest BCUT2D eigenvalue weighted by molar-refractivity contribution is -0.221. The molecule has 8 heteroatoms. The first-order chi connectivity index (χ1) is 8.78. The number of hydrogen-bond donors (Lipinski definition) is 2. The molecule has 19 heavy (non-hydrogen) atoms. The maximum absolute atomic E-state index is 13.2. The van der Waals surface area contributed by atoms with Crippen LogP contribution in [0.15, 0.2) is 0 Å². The van der Waals surface area contributed by atoms with Crippen LogP contribution in [0.3, 0.4) is 0 Å². The summed E-state index contributed by atoms with van der Waals surface area (Å²) in [4.78, 5) is 24.4. The fourth-order valence-corrected chi connectivity index (χ4v) is 2.12. The van der Waals surface area contributed by atoms with Gasteiger partial charge in [0.05, 0.1) is 6.54 Å². The first-order valence-electron chi connectivity index (χ1n) is 6.06. The highest BCUT2D eigenvalue weighted by atomic mass is 19.4. The van der Waals surface area contributed by atoms with Crippen molar-refractivity contribution in [1.29, 1.82) is 0 Å². The van der Waals surface area contributed by atoms with Gasteiger partial charge in [0.25, 0.3) is 0 Å². The molecule has 1 aliphatic heterocycles. The molecular formula is C11H18F3N3O2. The van der Waals surface area contributed by atoms with E-state index in [9.17, 15) is 22.8 Å². The van der Waals surface area contributed by atoms with Gasteiger partial charge in [-0.15, -0.1) is 0 Å². The molecule has 0 aromatic heterocycles. The Hall–Kier alpha value is -1.31. The van der Waals surface area contributed by atoms with Gasteiger partial charge >= 0.3 is 6.18 Å². The Labute approximate surface area is 109 Å². The summed E-state index contributed by atoms with van der Waals surface area (Å²) in [5.41, 5.74) is -2.41. The van der Waals surface area contributed by atoms with E-state index in [0.29, 0.717) is 0 Å². The van der Waals surface area contributed by atoms with Crippen molar-refractivity contribution in [2.75, 3.05) is 33.2 Å². The van der Waals surface area contributed by atoms with Crippen molar-refractivity contribution in [2.24, 2.45) is 5.41 Å². The molecule has 1 rings (SSSR count). The monoisotopic (exact) mass is 281 g/mol.